The van der Waals surface area contributed by atoms with Gasteiger partial charge in [0, 0.05) is 23.8 Å². The van der Waals surface area contributed by atoms with Crippen LogP contribution >= 0.6 is 27.4 Å². The lowest BCUT2D eigenvalue weighted by molar-refractivity contribution is -0.161. The van der Waals surface area contributed by atoms with Crippen molar-refractivity contribution in [3.8, 4) is 0 Å². The number of carboxylic acids is 1. The lowest BCUT2D eigenvalue weighted by Crippen LogP contribution is -2.38. The largest absolute Gasteiger partial charge is 0.481 e. The van der Waals surface area contributed by atoms with E-state index in [1.54, 1.807) is 18.2 Å². The van der Waals surface area contributed by atoms with Crippen LogP contribution in [0.1, 0.15) is 155 Å². The van der Waals surface area contributed by atoms with E-state index in [1.807, 2.05) is 18.2 Å². The molecule has 0 radical (unpaired) electrons. The summed E-state index contributed by atoms with van der Waals surface area (Å²) in [5.41, 5.74) is 6.16. The van der Waals surface area contributed by atoms with Gasteiger partial charge in [-0.25, -0.2) is 9.13 Å². The summed E-state index contributed by atoms with van der Waals surface area (Å²) >= 11 is 1.16. The summed E-state index contributed by atoms with van der Waals surface area (Å²) in [6, 6.07) is -1.22. The van der Waals surface area contributed by atoms with Gasteiger partial charge in [0.1, 0.15) is 18.8 Å². The van der Waals surface area contributed by atoms with E-state index >= 15 is 0 Å². The first-order valence-electron chi connectivity index (χ1n) is 23.9. The summed E-state index contributed by atoms with van der Waals surface area (Å²) in [5, 5.41) is 29.2. The Morgan fingerprint density at radius 2 is 1.19 bits per heavy atom. The third-order valence-electron chi connectivity index (χ3n) is 9.87. The minimum Gasteiger partial charge on any atom is -0.481 e. The molecule has 1 unspecified atom stereocenters. The summed E-state index contributed by atoms with van der Waals surface area (Å²) in [6.45, 7) is 1.14. The van der Waals surface area contributed by atoms with Gasteiger partial charge < -0.3 is 45.2 Å². The van der Waals surface area contributed by atoms with Crippen LogP contribution in [0.4, 0.5) is 0 Å². The fraction of sp³-hybridized carbons (Fsp3) is 0.723. The second-order valence-electron chi connectivity index (χ2n) is 16.2. The Balaban J connectivity index is 5.34. The first-order chi connectivity index (χ1) is 32.0. The second-order valence-corrected chi connectivity index (χ2v) is 20.1. The number of esters is 2. The van der Waals surface area contributed by atoms with E-state index in [4.69, 9.17) is 34.6 Å². The minimum absolute atomic E-state index is 0.0222. The fourth-order valence-electron chi connectivity index (χ4n) is 6.08. The molecule has 67 heavy (non-hydrogen) atoms. The van der Waals surface area contributed by atoms with Crippen molar-refractivity contribution in [1.82, 2.24) is 0 Å². The first-order valence-corrected chi connectivity index (χ1v) is 28.0. The summed E-state index contributed by atoms with van der Waals surface area (Å²) in [5.74, 6) is -2.59. The minimum atomic E-state index is -4.95. The number of ether oxygens (including phenoxy) is 2. The quantitative estimate of drug-likeness (QED) is 0.00983. The lowest BCUT2D eigenvalue weighted by Gasteiger charge is -2.22. The standard InChI is InChI=1S/C47H83NO16P2S/c1-3-5-7-9-11-13-15-17-18-19-21-23-25-27-29-34-46(53)64-41(38-63-66(58,59)62-36-40(49)35-61-65(55,56)57)37-60-47(54)42(48)39-67-44(43(50)31-30-33-45(51)52)32-28-26-24-22-20-16-14-12-10-8-6-4-2/h12-15,20,22,24,26,28,32,40-44,49-50H,3-11,16-19,21,23,25,27,29-31,33-39,48H2,1-2H3,(H,51,52)(H,58,59)(H2,55,56,57)/b14-12-,15-13-,22-20-,26-24+,32-28+/t40-,41+,42-,43-,44+/m0/s1. The van der Waals surface area contributed by atoms with Gasteiger partial charge in [-0.05, 0) is 64.2 Å². The Morgan fingerprint density at radius 1 is 0.642 bits per heavy atom. The lowest BCUT2D eigenvalue weighted by atomic mass is 10.1. The zero-order valence-electron chi connectivity index (χ0n) is 39.9. The predicted molar refractivity (Wildman–Crippen MR) is 263 cm³/mol. The van der Waals surface area contributed by atoms with Crippen LogP contribution in [-0.4, -0.2) is 110 Å². The van der Waals surface area contributed by atoms with E-state index in [-0.39, 0.29) is 31.4 Å². The number of carbonyl (C=O) groups is 3. The molecule has 0 amide bonds. The number of phosphoric acid groups is 2. The van der Waals surface area contributed by atoms with Crippen molar-refractivity contribution < 1.29 is 76.6 Å². The number of unbranched alkanes of at least 4 members (excludes halogenated alkanes) is 14. The number of nitrogens with two attached hydrogens (primary N) is 1. The Labute approximate surface area is 403 Å². The highest BCUT2D eigenvalue weighted by Crippen LogP contribution is 2.44. The molecule has 20 heteroatoms. The SMILES string of the molecule is CCCCC/C=C\C\C=C/C=C/C=C/[C@@H](SC[C@H](N)C(=O)OC[C@H](COP(=O)(O)OC[C@@H](O)COP(=O)(O)O)OC(=O)CCCCCCCCC/C=C\CCCCCC)[C@@H](O)CCCC(=O)O. The average molecular weight is 1010 g/mol. The molecule has 0 heterocycles. The summed E-state index contributed by atoms with van der Waals surface area (Å²) in [6.07, 6.45) is 35.4. The Bertz CT molecular complexity index is 1540. The number of hydrogen-bond acceptors (Lipinski definition) is 14. The van der Waals surface area contributed by atoms with Crippen LogP contribution < -0.4 is 5.73 Å². The molecule has 6 atom stereocenters. The Morgan fingerprint density at radius 3 is 1.84 bits per heavy atom. The zero-order valence-corrected chi connectivity index (χ0v) is 42.5. The van der Waals surface area contributed by atoms with Gasteiger partial charge in [-0.1, -0.05) is 139 Å². The topological polar surface area (TPSA) is 279 Å². The molecule has 8 N–H and O–H groups in total. The number of carboxylic acid groups (broad SMARTS) is 1. The average Bonchev–Trinajstić information content (AvgIpc) is 3.27. The molecule has 0 fully saturated rings. The molecule has 0 aliphatic carbocycles. The molecule has 0 saturated heterocycles. The van der Waals surface area contributed by atoms with Crippen LogP contribution in [0.2, 0.25) is 0 Å². The maximum atomic E-state index is 13.0. The summed E-state index contributed by atoms with van der Waals surface area (Å²) < 4.78 is 48.0. The number of aliphatic hydroxyl groups excluding tert-OH is 2. The van der Waals surface area contributed by atoms with Crippen LogP contribution in [0.25, 0.3) is 0 Å². The Hall–Kier alpha value is -2.44. The maximum absolute atomic E-state index is 13.0. The van der Waals surface area contributed by atoms with Crippen molar-refractivity contribution >= 4 is 45.3 Å². The van der Waals surface area contributed by atoms with Gasteiger partial charge in [-0.15, -0.1) is 11.8 Å². The number of rotatable bonds is 45. The molecular weight excluding hydrogens is 929 g/mol. The van der Waals surface area contributed by atoms with Crippen molar-refractivity contribution in [1.29, 1.82) is 0 Å². The van der Waals surface area contributed by atoms with Crippen molar-refractivity contribution in [3.63, 3.8) is 0 Å². The van der Waals surface area contributed by atoms with Crippen molar-refractivity contribution in [3.05, 3.63) is 60.8 Å². The molecule has 0 bridgehead atoms. The molecule has 0 rings (SSSR count). The fourth-order valence-corrected chi connectivity index (χ4v) is 8.36. The molecule has 0 aliphatic rings. The van der Waals surface area contributed by atoms with Gasteiger partial charge in [0.25, 0.3) is 0 Å². The number of phosphoric ester groups is 2. The molecule has 0 aromatic carbocycles. The van der Waals surface area contributed by atoms with Crippen LogP contribution in [0.5, 0.6) is 0 Å². The highest BCUT2D eigenvalue weighted by atomic mass is 32.2. The number of hydrogen-bond donors (Lipinski definition) is 7. The van der Waals surface area contributed by atoms with E-state index in [1.165, 1.54) is 44.9 Å². The normalized spacial score (nSPS) is 15.7. The van der Waals surface area contributed by atoms with Gasteiger partial charge in [0.05, 0.1) is 25.9 Å². The second kappa shape index (κ2) is 42.4. The van der Waals surface area contributed by atoms with Gasteiger partial charge in [0.15, 0.2) is 6.10 Å². The molecular formula is C47H83NO16P2S. The van der Waals surface area contributed by atoms with Crippen molar-refractivity contribution in [2.75, 3.05) is 32.2 Å². The van der Waals surface area contributed by atoms with Crippen LogP contribution in [0.15, 0.2) is 60.8 Å². The van der Waals surface area contributed by atoms with Crippen LogP contribution in [0, 0.1) is 0 Å². The number of carbonyl (C=O) groups excluding carboxylic acids is 2. The monoisotopic (exact) mass is 1010 g/mol. The summed E-state index contributed by atoms with van der Waals surface area (Å²) in [7, 11) is -9.87. The molecule has 0 saturated carbocycles. The Kier molecular flexibility index (Phi) is 40.9. The van der Waals surface area contributed by atoms with E-state index in [9.17, 15) is 38.6 Å². The molecule has 0 aromatic heterocycles. The van der Waals surface area contributed by atoms with Crippen LogP contribution in [0.3, 0.4) is 0 Å². The zero-order chi connectivity index (χ0) is 50.0. The summed E-state index contributed by atoms with van der Waals surface area (Å²) in [4.78, 5) is 64.7. The third kappa shape index (κ3) is 43.3. The maximum Gasteiger partial charge on any atom is 0.472 e. The molecule has 0 aliphatic heterocycles. The molecule has 0 aromatic rings. The third-order valence-corrected chi connectivity index (χ3v) is 12.7. The highest BCUT2D eigenvalue weighted by Gasteiger charge is 2.29. The first kappa shape index (κ1) is 64.6. The smallest absolute Gasteiger partial charge is 0.472 e. The van der Waals surface area contributed by atoms with Gasteiger partial charge >= 0.3 is 33.6 Å². The molecule has 17 nitrogen and oxygen atoms in total. The van der Waals surface area contributed by atoms with Crippen molar-refractivity contribution in [2.24, 2.45) is 5.73 Å². The van der Waals surface area contributed by atoms with Gasteiger partial charge in [-0.3, -0.25) is 28.0 Å². The van der Waals surface area contributed by atoms with Gasteiger partial charge in [-0.2, -0.15) is 0 Å². The predicted octanol–water partition coefficient (Wildman–Crippen LogP) is 9.32. The highest BCUT2D eigenvalue weighted by molar-refractivity contribution is 8.00. The van der Waals surface area contributed by atoms with E-state index in [0.29, 0.717) is 6.42 Å². The van der Waals surface area contributed by atoms with Gasteiger partial charge in [0.2, 0.25) is 0 Å². The number of allylic oxidation sites excluding steroid dienone is 9. The van der Waals surface area contributed by atoms with E-state index < -0.39 is 89.6 Å². The molecule has 388 valence electrons. The number of aliphatic hydroxyl groups is 2. The van der Waals surface area contributed by atoms with E-state index in [0.717, 1.165) is 76.0 Å². The number of aliphatic carboxylic acids is 1. The number of thioether (sulfide) groups is 1. The molecule has 0 spiro atoms. The van der Waals surface area contributed by atoms with Crippen molar-refractivity contribution in [2.45, 2.75) is 185 Å². The van der Waals surface area contributed by atoms with Crippen LogP contribution in [-0.2, 0) is 46.6 Å². The van der Waals surface area contributed by atoms with E-state index in [2.05, 4.69) is 47.2 Å².